The van der Waals surface area contributed by atoms with Crippen molar-refractivity contribution in [3.8, 4) is 0 Å². The SMILES string of the molecule is CC(NC(=O)CN1C(=O)c2cc(Cl)c(Cl)cc2C1=O)c1ccccc1Br. The molecule has 0 bridgehead atoms. The first-order chi connectivity index (χ1) is 12.3. The fraction of sp³-hybridized carbons (Fsp3) is 0.167. The van der Waals surface area contributed by atoms with Gasteiger partial charge >= 0.3 is 0 Å². The van der Waals surface area contributed by atoms with Gasteiger partial charge < -0.3 is 5.32 Å². The maximum absolute atomic E-state index is 12.4. The van der Waals surface area contributed by atoms with Gasteiger partial charge in [0, 0.05) is 4.47 Å². The van der Waals surface area contributed by atoms with Crippen LogP contribution >= 0.6 is 39.1 Å². The van der Waals surface area contributed by atoms with Crippen LogP contribution in [-0.4, -0.2) is 29.2 Å². The highest BCUT2D eigenvalue weighted by atomic mass is 79.9. The van der Waals surface area contributed by atoms with E-state index >= 15 is 0 Å². The van der Waals surface area contributed by atoms with Crippen molar-refractivity contribution >= 4 is 56.9 Å². The molecule has 2 aromatic rings. The summed E-state index contributed by atoms with van der Waals surface area (Å²) in [6.45, 7) is 1.44. The molecule has 0 fully saturated rings. The summed E-state index contributed by atoms with van der Waals surface area (Å²) < 4.78 is 0.859. The second-order valence-corrected chi connectivity index (χ2v) is 7.49. The Morgan fingerprint density at radius 3 is 2.19 bits per heavy atom. The van der Waals surface area contributed by atoms with Crippen LogP contribution in [0.2, 0.25) is 10.0 Å². The zero-order valence-corrected chi connectivity index (χ0v) is 16.7. The van der Waals surface area contributed by atoms with Crippen molar-refractivity contribution in [2.75, 3.05) is 6.54 Å². The summed E-state index contributed by atoms with van der Waals surface area (Å²) in [6.07, 6.45) is 0. The largest absolute Gasteiger partial charge is 0.348 e. The number of rotatable bonds is 4. The molecule has 0 saturated heterocycles. The Kier molecular flexibility index (Phi) is 5.37. The molecule has 134 valence electrons. The third-order valence-corrected chi connectivity index (χ3v) is 5.51. The topological polar surface area (TPSA) is 66.5 Å². The Balaban J connectivity index is 1.73. The zero-order valence-electron chi connectivity index (χ0n) is 13.6. The van der Waals surface area contributed by atoms with Crippen molar-refractivity contribution in [2.45, 2.75) is 13.0 Å². The van der Waals surface area contributed by atoms with Gasteiger partial charge in [0.2, 0.25) is 5.91 Å². The van der Waals surface area contributed by atoms with E-state index in [0.717, 1.165) is 14.9 Å². The summed E-state index contributed by atoms with van der Waals surface area (Å²) in [4.78, 5) is 38.1. The molecule has 0 aromatic heterocycles. The molecule has 0 saturated carbocycles. The van der Waals surface area contributed by atoms with Crippen molar-refractivity contribution < 1.29 is 14.4 Å². The molecule has 0 radical (unpaired) electrons. The Morgan fingerprint density at radius 2 is 1.65 bits per heavy atom. The molecule has 3 amide bonds. The van der Waals surface area contributed by atoms with E-state index in [1.165, 1.54) is 12.1 Å². The normalized spacial score (nSPS) is 14.4. The Labute approximate surface area is 168 Å². The number of nitrogens with one attached hydrogen (secondary N) is 1. The number of carbonyl (C=O) groups excluding carboxylic acids is 3. The fourth-order valence-electron chi connectivity index (χ4n) is 2.76. The number of hydrogen-bond acceptors (Lipinski definition) is 3. The van der Waals surface area contributed by atoms with Crippen LogP contribution in [0.3, 0.4) is 0 Å². The molecule has 1 heterocycles. The van der Waals surface area contributed by atoms with Gasteiger partial charge in [-0.25, -0.2) is 0 Å². The summed E-state index contributed by atoms with van der Waals surface area (Å²) in [7, 11) is 0. The van der Waals surface area contributed by atoms with Gasteiger partial charge in [0.05, 0.1) is 27.2 Å². The summed E-state index contributed by atoms with van der Waals surface area (Å²) in [6, 6.07) is 9.88. The summed E-state index contributed by atoms with van der Waals surface area (Å²) >= 11 is 15.3. The predicted molar refractivity (Wildman–Crippen MR) is 103 cm³/mol. The maximum Gasteiger partial charge on any atom is 0.262 e. The predicted octanol–water partition coefficient (Wildman–Crippen LogP) is 4.23. The highest BCUT2D eigenvalue weighted by Gasteiger charge is 2.37. The van der Waals surface area contributed by atoms with E-state index < -0.39 is 17.7 Å². The lowest BCUT2D eigenvalue weighted by Gasteiger charge is -2.18. The van der Waals surface area contributed by atoms with Crippen LogP contribution in [0.25, 0.3) is 0 Å². The van der Waals surface area contributed by atoms with E-state index in [0.29, 0.717) is 0 Å². The van der Waals surface area contributed by atoms with Gasteiger partial charge in [-0.05, 0) is 30.7 Å². The van der Waals surface area contributed by atoms with E-state index in [1.54, 1.807) is 0 Å². The van der Waals surface area contributed by atoms with E-state index in [4.69, 9.17) is 23.2 Å². The Hall–Kier alpha value is -1.89. The van der Waals surface area contributed by atoms with Crippen LogP contribution in [0.4, 0.5) is 0 Å². The van der Waals surface area contributed by atoms with Crippen LogP contribution in [0.15, 0.2) is 40.9 Å². The highest BCUT2D eigenvalue weighted by molar-refractivity contribution is 9.10. The van der Waals surface area contributed by atoms with Crippen molar-refractivity contribution in [3.05, 3.63) is 67.6 Å². The average molecular weight is 456 g/mol. The summed E-state index contributed by atoms with van der Waals surface area (Å²) in [5.74, 6) is -1.57. The Bertz CT molecular complexity index is 892. The lowest BCUT2D eigenvalue weighted by molar-refractivity contribution is -0.122. The van der Waals surface area contributed by atoms with Crippen LogP contribution in [0.1, 0.15) is 39.2 Å². The minimum absolute atomic E-state index is 0.149. The minimum atomic E-state index is -0.563. The molecule has 1 atom stereocenters. The number of hydrogen-bond donors (Lipinski definition) is 1. The molecular formula is C18H13BrCl2N2O3. The summed E-state index contributed by atoms with van der Waals surface area (Å²) in [5.41, 5.74) is 1.19. The Morgan fingerprint density at radius 1 is 1.12 bits per heavy atom. The third kappa shape index (κ3) is 3.49. The second-order valence-electron chi connectivity index (χ2n) is 5.82. The van der Waals surface area contributed by atoms with Gasteiger partial charge in [-0.3, -0.25) is 19.3 Å². The number of amides is 3. The molecular weight excluding hydrogens is 443 g/mol. The third-order valence-electron chi connectivity index (χ3n) is 4.06. The molecule has 0 spiro atoms. The first kappa shape index (κ1) is 18.9. The number of benzene rings is 2. The van der Waals surface area contributed by atoms with Gasteiger partial charge in [0.15, 0.2) is 0 Å². The number of carbonyl (C=O) groups is 3. The zero-order chi connectivity index (χ0) is 19.0. The average Bonchev–Trinajstić information content (AvgIpc) is 2.80. The molecule has 26 heavy (non-hydrogen) atoms. The van der Waals surface area contributed by atoms with Gasteiger partial charge in [-0.2, -0.15) is 0 Å². The van der Waals surface area contributed by atoms with Gasteiger partial charge in [-0.1, -0.05) is 57.3 Å². The molecule has 1 unspecified atom stereocenters. The summed E-state index contributed by atoms with van der Waals surface area (Å²) in [5, 5.41) is 3.15. The minimum Gasteiger partial charge on any atom is -0.348 e. The van der Waals surface area contributed by atoms with Crippen molar-refractivity contribution in [3.63, 3.8) is 0 Å². The first-order valence-electron chi connectivity index (χ1n) is 7.68. The van der Waals surface area contributed by atoms with E-state index in [1.807, 2.05) is 31.2 Å². The molecule has 1 aliphatic heterocycles. The smallest absolute Gasteiger partial charge is 0.262 e. The molecule has 1 aliphatic rings. The molecule has 8 heteroatoms. The number of halogens is 3. The van der Waals surface area contributed by atoms with E-state index in [9.17, 15) is 14.4 Å². The van der Waals surface area contributed by atoms with Gasteiger partial charge in [0.1, 0.15) is 6.54 Å². The quantitative estimate of drug-likeness (QED) is 0.701. The molecule has 5 nitrogen and oxygen atoms in total. The van der Waals surface area contributed by atoms with Gasteiger partial charge in [-0.15, -0.1) is 0 Å². The fourth-order valence-corrected chi connectivity index (χ4v) is 3.72. The highest BCUT2D eigenvalue weighted by Crippen LogP contribution is 2.31. The molecule has 0 aliphatic carbocycles. The van der Waals surface area contributed by atoms with Crippen LogP contribution in [-0.2, 0) is 4.79 Å². The van der Waals surface area contributed by atoms with Crippen LogP contribution < -0.4 is 5.32 Å². The van der Waals surface area contributed by atoms with Gasteiger partial charge in [0.25, 0.3) is 11.8 Å². The standard InChI is InChI=1S/C18H13BrCl2N2O3/c1-9(10-4-2-3-5-13(10)19)22-16(24)8-23-17(25)11-6-14(20)15(21)7-12(11)18(23)26/h2-7,9H,8H2,1H3,(H,22,24). The first-order valence-corrected chi connectivity index (χ1v) is 9.23. The van der Waals surface area contributed by atoms with Crippen LogP contribution in [0, 0.1) is 0 Å². The number of imide groups is 1. The lowest BCUT2D eigenvalue weighted by Crippen LogP contribution is -2.41. The van der Waals surface area contributed by atoms with E-state index in [-0.39, 0.29) is 33.8 Å². The van der Waals surface area contributed by atoms with Crippen LogP contribution in [0.5, 0.6) is 0 Å². The maximum atomic E-state index is 12.4. The van der Waals surface area contributed by atoms with Crippen molar-refractivity contribution in [2.24, 2.45) is 0 Å². The van der Waals surface area contributed by atoms with Crippen molar-refractivity contribution in [1.29, 1.82) is 0 Å². The lowest BCUT2D eigenvalue weighted by atomic mass is 10.1. The molecule has 1 N–H and O–H groups in total. The molecule has 2 aromatic carbocycles. The molecule has 3 rings (SSSR count). The van der Waals surface area contributed by atoms with E-state index in [2.05, 4.69) is 21.2 Å². The monoisotopic (exact) mass is 454 g/mol. The van der Waals surface area contributed by atoms with Crippen molar-refractivity contribution in [1.82, 2.24) is 10.2 Å². The number of nitrogens with zero attached hydrogens (tertiary/aromatic N) is 1. The number of fused-ring (bicyclic) bond motifs is 1. The second kappa shape index (κ2) is 7.39.